The number of aliphatic hydroxyl groups excluding tert-OH is 1. The van der Waals surface area contributed by atoms with E-state index in [0.717, 1.165) is 27.1 Å². The summed E-state index contributed by atoms with van der Waals surface area (Å²) in [6.45, 7) is 4.73. The Labute approximate surface area is 222 Å². The van der Waals surface area contributed by atoms with Gasteiger partial charge in [-0.25, -0.2) is 4.79 Å². The van der Waals surface area contributed by atoms with Crippen LogP contribution in [-0.4, -0.2) is 49.6 Å². The normalized spacial score (nSPS) is 14.7. The van der Waals surface area contributed by atoms with Crippen LogP contribution < -0.4 is 0 Å². The average molecular weight is 522 g/mol. The van der Waals surface area contributed by atoms with Gasteiger partial charge in [0.15, 0.2) is 0 Å². The standard InChI is InChI=1S/C30H35NO7/c1-5-21(28(34)37-15-14-32)18-30(3,29(35)36-4)17-20(2)27(33)38-31-19-26-24-12-8-6-10-22(24)16-23-11-7-9-13-25(23)26/h6-13,16,19-21,32H,5,14-15,17-18H2,1-4H3/b31-19+. The molecule has 0 saturated heterocycles. The molecule has 38 heavy (non-hydrogen) atoms. The highest BCUT2D eigenvalue weighted by Crippen LogP contribution is 2.36. The molecule has 3 rings (SSSR count). The molecule has 0 aliphatic heterocycles. The summed E-state index contributed by atoms with van der Waals surface area (Å²) < 4.78 is 10.1. The molecule has 3 unspecified atom stereocenters. The lowest BCUT2D eigenvalue weighted by Crippen LogP contribution is -2.37. The molecule has 0 bridgehead atoms. The molecule has 0 radical (unpaired) electrons. The van der Waals surface area contributed by atoms with Crippen molar-refractivity contribution in [2.75, 3.05) is 20.3 Å². The van der Waals surface area contributed by atoms with Gasteiger partial charge in [-0.15, -0.1) is 0 Å². The molecule has 3 aromatic carbocycles. The van der Waals surface area contributed by atoms with Crippen LogP contribution in [0.5, 0.6) is 0 Å². The first-order valence-corrected chi connectivity index (χ1v) is 12.7. The third-order valence-corrected chi connectivity index (χ3v) is 6.83. The third-order valence-electron chi connectivity index (χ3n) is 6.83. The summed E-state index contributed by atoms with van der Waals surface area (Å²) >= 11 is 0. The fourth-order valence-electron chi connectivity index (χ4n) is 4.87. The smallest absolute Gasteiger partial charge is 0.337 e. The Morgan fingerprint density at radius 1 is 1.00 bits per heavy atom. The Bertz CT molecular complexity index is 1260. The zero-order valence-electron chi connectivity index (χ0n) is 22.3. The third kappa shape index (κ3) is 6.75. The molecule has 0 aromatic heterocycles. The van der Waals surface area contributed by atoms with Crippen molar-refractivity contribution >= 4 is 45.7 Å². The van der Waals surface area contributed by atoms with E-state index < -0.39 is 35.2 Å². The number of benzene rings is 3. The highest BCUT2D eigenvalue weighted by atomic mass is 16.7. The molecule has 0 aliphatic carbocycles. The topological polar surface area (TPSA) is 111 Å². The summed E-state index contributed by atoms with van der Waals surface area (Å²) in [6.07, 6.45) is 2.19. The Morgan fingerprint density at radius 3 is 2.16 bits per heavy atom. The SMILES string of the molecule is CCC(CC(C)(CC(C)C(=O)O/N=C/c1c2ccccc2cc2ccccc12)C(=O)OC)C(=O)OCCO. The number of oxime groups is 1. The lowest BCUT2D eigenvalue weighted by atomic mass is 9.74. The number of aliphatic hydroxyl groups is 1. The minimum absolute atomic E-state index is 0.0923. The van der Waals surface area contributed by atoms with Gasteiger partial charge < -0.3 is 19.4 Å². The number of rotatable bonds is 12. The molecule has 3 aromatic rings. The predicted octanol–water partition coefficient (Wildman–Crippen LogP) is 5.03. The van der Waals surface area contributed by atoms with E-state index in [9.17, 15) is 14.4 Å². The maximum atomic E-state index is 12.9. The number of ether oxygens (including phenoxy) is 2. The molecule has 0 heterocycles. The van der Waals surface area contributed by atoms with E-state index in [0.29, 0.717) is 6.42 Å². The summed E-state index contributed by atoms with van der Waals surface area (Å²) in [4.78, 5) is 43.3. The molecule has 0 saturated carbocycles. The van der Waals surface area contributed by atoms with Crippen molar-refractivity contribution in [2.24, 2.45) is 22.4 Å². The number of carbonyl (C=O) groups is 3. The summed E-state index contributed by atoms with van der Waals surface area (Å²) in [5, 5.41) is 17.0. The summed E-state index contributed by atoms with van der Waals surface area (Å²) in [6, 6.07) is 17.9. The number of carbonyl (C=O) groups excluding carboxylic acids is 3. The fraction of sp³-hybridized carbons (Fsp3) is 0.400. The highest BCUT2D eigenvalue weighted by molar-refractivity contribution is 6.13. The number of hydrogen-bond donors (Lipinski definition) is 1. The van der Waals surface area contributed by atoms with Crippen molar-refractivity contribution in [3.63, 3.8) is 0 Å². The van der Waals surface area contributed by atoms with Gasteiger partial charge in [0, 0.05) is 5.56 Å². The van der Waals surface area contributed by atoms with E-state index in [1.807, 2.05) is 55.5 Å². The van der Waals surface area contributed by atoms with Gasteiger partial charge in [0.25, 0.3) is 0 Å². The van der Waals surface area contributed by atoms with E-state index in [2.05, 4.69) is 11.2 Å². The Balaban J connectivity index is 1.76. The van der Waals surface area contributed by atoms with Gasteiger partial charge in [-0.05, 0) is 53.8 Å². The van der Waals surface area contributed by atoms with Crippen LogP contribution in [0.2, 0.25) is 0 Å². The largest absolute Gasteiger partial charge is 0.469 e. The van der Waals surface area contributed by atoms with Gasteiger partial charge in [-0.1, -0.05) is 67.5 Å². The Kier molecular flexibility index (Phi) is 9.96. The first-order valence-electron chi connectivity index (χ1n) is 12.7. The Hall–Kier alpha value is -3.78. The quantitative estimate of drug-likeness (QED) is 0.117. The first kappa shape index (κ1) is 28.8. The second-order valence-electron chi connectivity index (χ2n) is 9.74. The van der Waals surface area contributed by atoms with Crippen LogP contribution in [-0.2, 0) is 28.7 Å². The van der Waals surface area contributed by atoms with Crippen molar-refractivity contribution in [2.45, 2.75) is 40.0 Å². The van der Waals surface area contributed by atoms with Crippen LogP contribution >= 0.6 is 0 Å². The molecule has 0 amide bonds. The van der Waals surface area contributed by atoms with E-state index in [-0.39, 0.29) is 26.1 Å². The zero-order valence-corrected chi connectivity index (χ0v) is 22.3. The first-order chi connectivity index (χ1) is 18.2. The second-order valence-corrected chi connectivity index (χ2v) is 9.74. The molecule has 1 N–H and O–H groups in total. The molecular formula is C30H35NO7. The van der Waals surface area contributed by atoms with Gasteiger partial charge in [0.05, 0.1) is 37.2 Å². The molecule has 8 heteroatoms. The summed E-state index contributed by atoms with van der Waals surface area (Å²) in [7, 11) is 1.27. The lowest BCUT2D eigenvalue weighted by molar-refractivity contribution is -0.159. The van der Waals surface area contributed by atoms with Gasteiger partial charge in [0.1, 0.15) is 6.61 Å². The second kappa shape index (κ2) is 13.1. The van der Waals surface area contributed by atoms with Gasteiger partial charge in [-0.3, -0.25) is 9.59 Å². The molecule has 0 spiro atoms. The van der Waals surface area contributed by atoms with E-state index in [1.165, 1.54) is 7.11 Å². The molecular weight excluding hydrogens is 486 g/mol. The van der Waals surface area contributed by atoms with Crippen LogP contribution in [0.4, 0.5) is 0 Å². The average Bonchev–Trinajstić information content (AvgIpc) is 2.93. The zero-order chi connectivity index (χ0) is 27.7. The van der Waals surface area contributed by atoms with Crippen LogP contribution in [0.1, 0.15) is 45.6 Å². The van der Waals surface area contributed by atoms with Gasteiger partial charge >= 0.3 is 17.9 Å². The monoisotopic (exact) mass is 521 g/mol. The fourth-order valence-corrected chi connectivity index (χ4v) is 4.87. The predicted molar refractivity (Wildman–Crippen MR) is 145 cm³/mol. The van der Waals surface area contributed by atoms with Crippen molar-refractivity contribution in [3.8, 4) is 0 Å². The van der Waals surface area contributed by atoms with Crippen molar-refractivity contribution in [1.29, 1.82) is 0 Å². The number of hydrogen-bond acceptors (Lipinski definition) is 8. The van der Waals surface area contributed by atoms with Crippen LogP contribution in [0, 0.1) is 17.3 Å². The van der Waals surface area contributed by atoms with Crippen LogP contribution in [0.3, 0.4) is 0 Å². The van der Waals surface area contributed by atoms with Gasteiger partial charge in [0.2, 0.25) is 0 Å². The molecule has 3 atom stereocenters. The minimum atomic E-state index is -1.14. The minimum Gasteiger partial charge on any atom is -0.469 e. The van der Waals surface area contributed by atoms with E-state index in [4.69, 9.17) is 19.4 Å². The number of fused-ring (bicyclic) bond motifs is 2. The number of methoxy groups -OCH3 is 1. The van der Waals surface area contributed by atoms with Gasteiger partial charge in [-0.2, -0.15) is 0 Å². The molecule has 0 fully saturated rings. The summed E-state index contributed by atoms with van der Waals surface area (Å²) in [5.74, 6) is -2.93. The number of nitrogens with zero attached hydrogens (tertiary/aromatic N) is 1. The maximum absolute atomic E-state index is 12.9. The number of esters is 2. The highest BCUT2D eigenvalue weighted by Gasteiger charge is 2.41. The van der Waals surface area contributed by atoms with E-state index in [1.54, 1.807) is 20.1 Å². The molecule has 0 aliphatic rings. The maximum Gasteiger partial charge on any atom is 0.337 e. The van der Waals surface area contributed by atoms with Crippen LogP contribution in [0.15, 0.2) is 59.8 Å². The summed E-state index contributed by atoms with van der Waals surface area (Å²) in [5.41, 5.74) is -0.299. The Morgan fingerprint density at radius 2 is 1.61 bits per heavy atom. The van der Waals surface area contributed by atoms with Crippen LogP contribution in [0.25, 0.3) is 21.5 Å². The van der Waals surface area contributed by atoms with E-state index >= 15 is 0 Å². The van der Waals surface area contributed by atoms with Crippen molar-refractivity contribution in [3.05, 3.63) is 60.2 Å². The van der Waals surface area contributed by atoms with Crippen molar-refractivity contribution in [1.82, 2.24) is 0 Å². The van der Waals surface area contributed by atoms with Crippen molar-refractivity contribution < 1.29 is 33.8 Å². The molecule has 8 nitrogen and oxygen atoms in total. The molecule has 202 valence electrons. The lowest BCUT2D eigenvalue weighted by Gasteiger charge is -2.31.